The first-order valence-electron chi connectivity index (χ1n) is 7.11. The molecule has 1 aliphatic rings. The van der Waals surface area contributed by atoms with Crippen LogP contribution in [0.25, 0.3) is 0 Å². The van der Waals surface area contributed by atoms with E-state index in [-0.39, 0.29) is 37.4 Å². The molecule has 0 unspecified atom stereocenters. The summed E-state index contributed by atoms with van der Waals surface area (Å²) in [6.07, 6.45) is 1.66. The van der Waals surface area contributed by atoms with Crippen molar-refractivity contribution in [2.45, 2.75) is 76.6 Å². The topological polar surface area (TPSA) is 83.8 Å². The van der Waals surface area contributed by atoms with Crippen molar-refractivity contribution in [2.24, 2.45) is 0 Å². The van der Waals surface area contributed by atoms with Crippen molar-refractivity contribution in [1.29, 1.82) is 0 Å². The Morgan fingerprint density at radius 1 is 1.26 bits per heavy atom. The molecule has 110 valence electrons. The van der Waals surface area contributed by atoms with E-state index in [0.717, 1.165) is 19.3 Å². The molecular weight excluding hydrogens is 248 g/mol. The number of carbonyl (C=O) groups is 2. The molecule has 1 aliphatic heterocycles. The van der Waals surface area contributed by atoms with Gasteiger partial charge in [0.25, 0.3) is 0 Å². The standard InChI is InChI=1S/C14H24O5/c1-2-3-4-5-11-9-13(17)12(16)8-10(15)6-7-14(18)19-11/h10-11,13,15,17H,2-9H2,1H3/t10-,11+,13-/m0/s1. The fourth-order valence-corrected chi connectivity index (χ4v) is 2.23. The maximum Gasteiger partial charge on any atom is 0.306 e. The van der Waals surface area contributed by atoms with Crippen molar-refractivity contribution < 1.29 is 24.5 Å². The molecule has 5 nitrogen and oxygen atoms in total. The van der Waals surface area contributed by atoms with E-state index in [1.54, 1.807) is 0 Å². The number of hydrogen-bond donors (Lipinski definition) is 2. The Morgan fingerprint density at radius 2 is 2.00 bits per heavy atom. The minimum atomic E-state index is -1.15. The molecule has 0 spiro atoms. The Balaban J connectivity index is 2.59. The van der Waals surface area contributed by atoms with Gasteiger partial charge in [-0.3, -0.25) is 9.59 Å². The molecule has 0 radical (unpaired) electrons. The molecule has 19 heavy (non-hydrogen) atoms. The van der Waals surface area contributed by atoms with Crippen LogP contribution in [0, 0.1) is 0 Å². The largest absolute Gasteiger partial charge is 0.462 e. The summed E-state index contributed by atoms with van der Waals surface area (Å²) in [5, 5.41) is 19.3. The third-order valence-corrected chi connectivity index (χ3v) is 3.40. The van der Waals surface area contributed by atoms with Crippen molar-refractivity contribution >= 4 is 11.8 Å². The average Bonchev–Trinajstić information content (AvgIpc) is 2.35. The molecule has 0 saturated carbocycles. The molecule has 1 heterocycles. The van der Waals surface area contributed by atoms with Crippen molar-refractivity contribution in [2.75, 3.05) is 0 Å². The van der Waals surface area contributed by atoms with E-state index in [1.165, 1.54) is 0 Å². The molecule has 1 saturated heterocycles. The Hall–Kier alpha value is -0.940. The fourth-order valence-electron chi connectivity index (χ4n) is 2.23. The lowest BCUT2D eigenvalue weighted by Gasteiger charge is -2.23. The molecule has 0 aromatic carbocycles. The van der Waals surface area contributed by atoms with Crippen LogP contribution in [0.2, 0.25) is 0 Å². The van der Waals surface area contributed by atoms with Crippen LogP contribution >= 0.6 is 0 Å². The second-order valence-corrected chi connectivity index (χ2v) is 5.22. The summed E-state index contributed by atoms with van der Waals surface area (Å²) in [6.45, 7) is 2.08. The monoisotopic (exact) mass is 272 g/mol. The first kappa shape index (κ1) is 16.1. The zero-order valence-corrected chi connectivity index (χ0v) is 11.5. The van der Waals surface area contributed by atoms with Gasteiger partial charge >= 0.3 is 5.97 Å². The Labute approximate surface area is 114 Å². The van der Waals surface area contributed by atoms with E-state index in [2.05, 4.69) is 6.92 Å². The molecule has 0 aromatic rings. The summed E-state index contributed by atoms with van der Waals surface area (Å²) in [6, 6.07) is 0. The number of ether oxygens (including phenoxy) is 1. The van der Waals surface area contributed by atoms with Crippen LogP contribution < -0.4 is 0 Å². The van der Waals surface area contributed by atoms with Gasteiger partial charge in [0.05, 0.1) is 6.10 Å². The van der Waals surface area contributed by atoms with Crippen LogP contribution in [0.5, 0.6) is 0 Å². The second-order valence-electron chi connectivity index (χ2n) is 5.22. The molecule has 5 heteroatoms. The average molecular weight is 272 g/mol. The maximum absolute atomic E-state index is 11.6. The predicted octanol–water partition coefficient (Wildman–Crippen LogP) is 1.34. The lowest BCUT2D eigenvalue weighted by atomic mass is 9.97. The first-order valence-corrected chi connectivity index (χ1v) is 7.11. The molecule has 0 bridgehead atoms. The van der Waals surface area contributed by atoms with E-state index < -0.39 is 18.3 Å². The van der Waals surface area contributed by atoms with Gasteiger partial charge in [-0.1, -0.05) is 19.8 Å². The predicted molar refractivity (Wildman–Crippen MR) is 69.5 cm³/mol. The van der Waals surface area contributed by atoms with Crippen LogP contribution in [-0.4, -0.2) is 40.3 Å². The third kappa shape index (κ3) is 6.16. The Kier molecular flexibility index (Phi) is 7.02. The summed E-state index contributed by atoms with van der Waals surface area (Å²) in [5.41, 5.74) is 0. The smallest absolute Gasteiger partial charge is 0.306 e. The quantitative estimate of drug-likeness (QED) is 0.596. The van der Waals surface area contributed by atoms with E-state index >= 15 is 0 Å². The number of rotatable bonds is 4. The number of aliphatic hydroxyl groups excluding tert-OH is 2. The van der Waals surface area contributed by atoms with Crippen molar-refractivity contribution in [1.82, 2.24) is 0 Å². The molecule has 3 atom stereocenters. The van der Waals surface area contributed by atoms with Crippen LogP contribution in [0.3, 0.4) is 0 Å². The van der Waals surface area contributed by atoms with Gasteiger partial charge in [-0.25, -0.2) is 0 Å². The highest BCUT2D eigenvalue weighted by molar-refractivity contribution is 5.83. The minimum Gasteiger partial charge on any atom is -0.462 e. The summed E-state index contributed by atoms with van der Waals surface area (Å²) in [4.78, 5) is 23.2. The van der Waals surface area contributed by atoms with Crippen molar-refractivity contribution in [3.05, 3.63) is 0 Å². The van der Waals surface area contributed by atoms with Crippen molar-refractivity contribution in [3.8, 4) is 0 Å². The first-order chi connectivity index (χ1) is 9.02. The fraction of sp³-hybridized carbons (Fsp3) is 0.857. The Morgan fingerprint density at radius 3 is 2.68 bits per heavy atom. The number of esters is 1. The summed E-state index contributed by atoms with van der Waals surface area (Å²) in [5.74, 6) is -0.729. The molecular formula is C14H24O5. The number of unbranched alkanes of at least 4 members (excludes halogenated alkanes) is 2. The Bertz CT molecular complexity index is 302. The maximum atomic E-state index is 11.6. The highest BCUT2D eigenvalue weighted by atomic mass is 16.5. The molecule has 0 aromatic heterocycles. The second kappa shape index (κ2) is 8.27. The SMILES string of the molecule is CCCCC[C@@H]1C[C@H](O)C(=O)C[C@@H](O)CCC(=O)O1. The number of carbonyl (C=O) groups excluding carboxylic acids is 2. The normalized spacial score (nSPS) is 29.9. The van der Waals surface area contributed by atoms with Crippen LogP contribution in [0.1, 0.15) is 58.3 Å². The van der Waals surface area contributed by atoms with Gasteiger partial charge in [-0.15, -0.1) is 0 Å². The molecule has 2 N–H and O–H groups in total. The van der Waals surface area contributed by atoms with E-state index in [9.17, 15) is 19.8 Å². The van der Waals surface area contributed by atoms with Gasteiger partial charge < -0.3 is 14.9 Å². The zero-order valence-electron chi connectivity index (χ0n) is 11.5. The van der Waals surface area contributed by atoms with Crippen molar-refractivity contribution in [3.63, 3.8) is 0 Å². The molecule has 1 fully saturated rings. The molecule has 0 amide bonds. The number of ketones is 1. The van der Waals surface area contributed by atoms with Gasteiger partial charge in [-0.2, -0.15) is 0 Å². The summed E-state index contributed by atoms with van der Waals surface area (Å²) in [7, 11) is 0. The number of cyclic esters (lactones) is 1. The van der Waals surface area contributed by atoms with Gasteiger partial charge in [-0.05, 0) is 19.3 Å². The number of hydrogen-bond acceptors (Lipinski definition) is 5. The highest BCUT2D eigenvalue weighted by Crippen LogP contribution is 2.18. The molecule has 0 aliphatic carbocycles. The molecule has 1 rings (SSSR count). The van der Waals surface area contributed by atoms with Crippen LogP contribution in [0.4, 0.5) is 0 Å². The number of Topliss-reactive ketones (excluding diaryl/α,β-unsaturated/α-hetero) is 1. The van der Waals surface area contributed by atoms with Gasteiger partial charge in [0, 0.05) is 19.3 Å². The minimum absolute atomic E-state index is 0.0872. The number of aliphatic hydroxyl groups is 2. The van der Waals surface area contributed by atoms with Gasteiger partial charge in [0.15, 0.2) is 5.78 Å². The lowest BCUT2D eigenvalue weighted by molar-refractivity contribution is -0.154. The van der Waals surface area contributed by atoms with Crippen LogP contribution in [-0.2, 0) is 14.3 Å². The van der Waals surface area contributed by atoms with E-state index in [4.69, 9.17) is 4.74 Å². The summed E-state index contributed by atoms with van der Waals surface area (Å²) < 4.78 is 5.28. The summed E-state index contributed by atoms with van der Waals surface area (Å²) >= 11 is 0. The van der Waals surface area contributed by atoms with Gasteiger partial charge in [0.1, 0.15) is 12.2 Å². The van der Waals surface area contributed by atoms with Gasteiger partial charge in [0.2, 0.25) is 0 Å². The third-order valence-electron chi connectivity index (χ3n) is 3.40. The van der Waals surface area contributed by atoms with E-state index in [0.29, 0.717) is 6.42 Å². The van der Waals surface area contributed by atoms with Crippen LogP contribution in [0.15, 0.2) is 0 Å². The highest BCUT2D eigenvalue weighted by Gasteiger charge is 2.27. The lowest BCUT2D eigenvalue weighted by Crippen LogP contribution is -2.33. The zero-order chi connectivity index (χ0) is 14.3. The van der Waals surface area contributed by atoms with E-state index in [1.807, 2.05) is 0 Å².